The first-order chi connectivity index (χ1) is 12.0. The number of halogens is 1. The normalized spacial score (nSPS) is 32.6. The van der Waals surface area contributed by atoms with Gasteiger partial charge in [-0.2, -0.15) is 0 Å². The van der Waals surface area contributed by atoms with Crippen molar-refractivity contribution in [3.63, 3.8) is 0 Å². The molecule has 8 nitrogen and oxygen atoms in total. The van der Waals surface area contributed by atoms with Crippen LogP contribution in [0, 0.1) is 5.92 Å². The van der Waals surface area contributed by atoms with E-state index >= 15 is 0 Å². The Morgan fingerprint density at radius 3 is 2.50 bits per heavy atom. The maximum atomic E-state index is 12.6. The molecule has 2 N–H and O–H groups in total. The van der Waals surface area contributed by atoms with Gasteiger partial charge in [0.1, 0.15) is 12.1 Å². The summed E-state index contributed by atoms with van der Waals surface area (Å²) in [5, 5.41) is 6.14. The first-order valence-corrected chi connectivity index (χ1v) is 9.35. The van der Waals surface area contributed by atoms with Crippen molar-refractivity contribution in [3.8, 4) is 0 Å². The lowest BCUT2D eigenvalue weighted by molar-refractivity contribution is -0.138. The summed E-state index contributed by atoms with van der Waals surface area (Å²) in [6.07, 6.45) is 2.89. The van der Waals surface area contributed by atoms with Crippen molar-refractivity contribution in [2.75, 3.05) is 45.8 Å². The second-order valence-electron chi connectivity index (χ2n) is 7.87. The number of nitrogens with one attached hydrogen (secondary N) is 2. The van der Waals surface area contributed by atoms with Crippen LogP contribution in [0.25, 0.3) is 0 Å². The standard InChI is InChI=1S/C17H27N5O3.ClH/c1-17(12-2-3-12)15(24)22(16(25)19-17)11-14(23)21-7-4-13(10-21)20-8-5-18-6-9-20;/h12-13,18H,2-11H2,1H3,(H,19,25);1H. The van der Waals surface area contributed by atoms with Crippen LogP contribution in [0.1, 0.15) is 26.2 Å². The highest BCUT2D eigenvalue weighted by Crippen LogP contribution is 2.42. The van der Waals surface area contributed by atoms with E-state index in [1.807, 2.05) is 0 Å². The molecule has 3 saturated heterocycles. The zero-order valence-corrected chi connectivity index (χ0v) is 16.0. The van der Waals surface area contributed by atoms with Crippen LogP contribution in [0.3, 0.4) is 0 Å². The van der Waals surface area contributed by atoms with Crippen LogP contribution in [0.2, 0.25) is 0 Å². The minimum atomic E-state index is -0.814. The summed E-state index contributed by atoms with van der Waals surface area (Å²) in [7, 11) is 0. The zero-order valence-electron chi connectivity index (χ0n) is 15.2. The fraction of sp³-hybridized carbons (Fsp3) is 0.824. The van der Waals surface area contributed by atoms with E-state index in [0.717, 1.165) is 50.3 Å². The van der Waals surface area contributed by atoms with E-state index in [0.29, 0.717) is 19.1 Å². The Morgan fingerprint density at radius 2 is 1.85 bits per heavy atom. The number of rotatable bonds is 4. The summed E-state index contributed by atoms with van der Waals surface area (Å²) in [4.78, 5) is 42.8. The van der Waals surface area contributed by atoms with E-state index < -0.39 is 11.6 Å². The molecule has 26 heavy (non-hydrogen) atoms. The van der Waals surface area contributed by atoms with Gasteiger partial charge in [-0.1, -0.05) is 0 Å². The van der Waals surface area contributed by atoms with Gasteiger partial charge in [0, 0.05) is 45.3 Å². The summed E-state index contributed by atoms with van der Waals surface area (Å²) >= 11 is 0. The highest BCUT2D eigenvalue weighted by molar-refractivity contribution is 6.09. The molecule has 2 atom stereocenters. The summed E-state index contributed by atoms with van der Waals surface area (Å²) < 4.78 is 0. The largest absolute Gasteiger partial charge is 0.340 e. The molecule has 0 aromatic heterocycles. The van der Waals surface area contributed by atoms with Gasteiger partial charge >= 0.3 is 6.03 Å². The molecular formula is C17H28ClN5O3. The van der Waals surface area contributed by atoms with Crippen molar-refractivity contribution < 1.29 is 14.4 Å². The molecule has 4 rings (SSSR count). The van der Waals surface area contributed by atoms with Crippen LogP contribution in [0.4, 0.5) is 4.79 Å². The van der Waals surface area contributed by atoms with Crippen LogP contribution in [-0.2, 0) is 9.59 Å². The van der Waals surface area contributed by atoms with Crippen molar-refractivity contribution in [3.05, 3.63) is 0 Å². The molecule has 1 saturated carbocycles. The van der Waals surface area contributed by atoms with Gasteiger partial charge in [-0.15, -0.1) is 12.4 Å². The second kappa shape index (κ2) is 7.32. The molecule has 3 heterocycles. The average molecular weight is 386 g/mol. The van der Waals surface area contributed by atoms with E-state index in [4.69, 9.17) is 0 Å². The molecule has 146 valence electrons. The van der Waals surface area contributed by atoms with E-state index in [9.17, 15) is 14.4 Å². The molecule has 0 aromatic rings. The van der Waals surface area contributed by atoms with E-state index in [-0.39, 0.29) is 36.7 Å². The second-order valence-corrected chi connectivity index (χ2v) is 7.87. The van der Waals surface area contributed by atoms with Crippen LogP contribution in [0.15, 0.2) is 0 Å². The smallest absolute Gasteiger partial charge is 0.325 e. The lowest BCUT2D eigenvalue weighted by atomic mass is 9.96. The Hall–Kier alpha value is -1.38. The molecule has 4 aliphatic rings. The zero-order chi connectivity index (χ0) is 17.6. The number of amides is 4. The van der Waals surface area contributed by atoms with Crippen LogP contribution in [0.5, 0.6) is 0 Å². The van der Waals surface area contributed by atoms with Crippen molar-refractivity contribution in [1.82, 2.24) is 25.3 Å². The lowest BCUT2D eigenvalue weighted by Gasteiger charge is -2.32. The highest BCUT2D eigenvalue weighted by atomic mass is 35.5. The van der Waals surface area contributed by atoms with Gasteiger partial charge in [-0.05, 0) is 32.1 Å². The molecule has 0 radical (unpaired) electrons. The van der Waals surface area contributed by atoms with Crippen LogP contribution >= 0.6 is 12.4 Å². The third kappa shape index (κ3) is 3.42. The number of likely N-dealkylation sites (tertiary alicyclic amines) is 1. The molecule has 0 aromatic carbocycles. The van der Waals surface area contributed by atoms with Gasteiger partial charge in [0.05, 0.1) is 0 Å². The quantitative estimate of drug-likeness (QED) is 0.645. The minimum absolute atomic E-state index is 0. The van der Waals surface area contributed by atoms with Gasteiger partial charge in [0.25, 0.3) is 5.91 Å². The Bertz CT molecular complexity index is 593. The Morgan fingerprint density at radius 1 is 1.15 bits per heavy atom. The third-order valence-electron chi connectivity index (χ3n) is 6.17. The summed E-state index contributed by atoms with van der Waals surface area (Å²) in [6, 6.07) is -0.0310. The fourth-order valence-corrected chi connectivity index (χ4v) is 4.35. The first-order valence-electron chi connectivity index (χ1n) is 9.35. The van der Waals surface area contributed by atoms with E-state index in [1.165, 1.54) is 0 Å². The number of carbonyl (C=O) groups excluding carboxylic acids is 3. The number of hydrogen-bond acceptors (Lipinski definition) is 5. The number of imide groups is 1. The minimum Gasteiger partial charge on any atom is -0.340 e. The number of nitrogens with zero attached hydrogens (tertiary/aromatic N) is 3. The van der Waals surface area contributed by atoms with Crippen LogP contribution in [-0.4, -0.2) is 89.9 Å². The number of hydrogen-bond donors (Lipinski definition) is 2. The molecular weight excluding hydrogens is 358 g/mol. The monoisotopic (exact) mass is 385 g/mol. The fourth-order valence-electron chi connectivity index (χ4n) is 4.35. The number of urea groups is 1. The molecule has 2 unspecified atom stereocenters. The number of piperazine rings is 1. The number of carbonyl (C=O) groups is 3. The summed E-state index contributed by atoms with van der Waals surface area (Å²) in [6.45, 7) is 7.06. The molecule has 9 heteroatoms. The van der Waals surface area contributed by atoms with Crippen molar-refractivity contribution in [1.29, 1.82) is 0 Å². The third-order valence-corrected chi connectivity index (χ3v) is 6.17. The van der Waals surface area contributed by atoms with Gasteiger partial charge in [0.2, 0.25) is 5.91 Å². The van der Waals surface area contributed by atoms with Crippen molar-refractivity contribution in [2.24, 2.45) is 5.92 Å². The summed E-state index contributed by atoms with van der Waals surface area (Å²) in [5.41, 5.74) is -0.814. The van der Waals surface area contributed by atoms with Gasteiger partial charge in [-0.3, -0.25) is 19.4 Å². The Labute approximate surface area is 160 Å². The lowest BCUT2D eigenvalue weighted by Crippen LogP contribution is -2.50. The molecule has 4 amide bonds. The SMILES string of the molecule is CC1(C2CC2)NC(=O)N(CC(=O)N2CCC(N3CCNCC3)C2)C1=O.Cl. The molecule has 0 bridgehead atoms. The Balaban J connectivity index is 0.00000196. The molecule has 0 spiro atoms. The highest BCUT2D eigenvalue weighted by Gasteiger charge is 2.56. The first kappa shape index (κ1) is 19.4. The van der Waals surface area contributed by atoms with E-state index in [2.05, 4.69) is 15.5 Å². The predicted octanol–water partition coefficient (Wildman–Crippen LogP) is -0.365. The molecule has 3 aliphatic heterocycles. The predicted molar refractivity (Wildman–Crippen MR) is 98.0 cm³/mol. The maximum Gasteiger partial charge on any atom is 0.325 e. The van der Waals surface area contributed by atoms with Gasteiger partial charge in [0.15, 0.2) is 0 Å². The summed E-state index contributed by atoms with van der Waals surface area (Å²) in [5.74, 6) is -0.152. The van der Waals surface area contributed by atoms with Crippen LogP contribution < -0.4 is 10.6 Å². The van der Waals surface area contributed by atoms with Gasteiger partial charge < -0.3 is 15.5 Å². The van der Waals surface area contributed by atoms with Crippen molar-refractivity contribution >= 4 is 30.3 Å². The van der Waals surface area contributed by atoms with E-state index in [1.54, 1.807) is 11.8 Å². The average Bonchev–Trinajstić information content (AvgIpc) is 3.32. The molecule has 4 fully saturated rings. The molecule has 1 aliphatic carbocycles. The maximum absolute atomic E-state index is 12.6. The van der Waals surface area contributed by atoms with Crippen molar-refractivity contribution in [2.45, 2.75) is 37.8 Å². The van der Waals surface area contributed by atoms with Gasteiger partial charge in [-0.25, -0.2) is 4.79 Å². The Kier molecular flexibility index (Phi) is 5.46. The topological polar surface area (TPSA) is 85.0 Å².